The highest BCUT2D eigenvalue weighted by Gasteiger charge is 2.19. The standard InChI is InChI=1S/C25H29ClFN7O/c1-32-10-12-33(13-11-32)20-5-2-18(3-6-20)30-25-28-17-21(26)24(31-25)29-19-4-7-23-22(16-19)34(9-8-27)14-15-35-23/h2-7,16-17H,8-15H2,1H3,(H2,28,29,30,31). The highest BCUT2D eigenvalue weighted by atomic mass is 35.5. The number of hydrogen-bond acceptors (Lipinski definition) is 8. The maximum atomic E-state index is 13.0. The fraction of sp³-hybridized carbons (Fsp3) is 0.360. The van der Waals surface area contributed by atoms with Crippen LogP contribution in [0.2, 0.25) is 5.02 Å². The van der Waals surface area contributed by atoms with E-state index >= 15 is 0 Å². The molecule has 5 rings (SSSR count). The van der Waals surface area contributed by atoms with E-state index in [4.69, 9.17) is 16.3 Å². The molecule has 8 nitrogen and oxygen atoms in total. The first-order valence-corrected chi connectivity index (χ1v) is 12.1. The maximum Gasteiger partial charge on any atom is 0.229 e. The molecular formula is C25H29ClFN7O. The first-order valence-electron chi connectivity index (χ1n) is 11.8. The summed E-state index contributed by atoms with van der Waals surface area (Å²) in [6, 6.07) is 14.0. The number of nitrogens with one attached hydrogen (secondary N) is 2. The van der Waals surface area contributed by atoms with Gasteiger partial charge in [0.05, 0.1) is 18.4 Å². The number of nitrogens with zero attached hydrogens (tertiary/aromatic N) is 5. The zero-order valence-corrected chi connectivity index (χ0v) is 20.4. The maximum absolute atomic E-state index is 13.0. The van der Waals surface area contributed by atoms with E-state index in [0.717, 1.165) is 49.0 Å². The molecule has 1 aromatic heterocycles. The van der Waals surface area contributed by atoms with Crippen molar-refractivity contribution < 1.29 is 9.13 Å². The van der Waals surface area contributed by atoms with E-state index in [1.165, 1.54) is 5.69 Å². The van der Waals surface area contributed by atoms with Gasteiger partial charge in [0, 0.05) is 49.8 Å². The Labute approximate surface area is 209 Å². The topological polar surface area (TPSA) is 68.8 Å². The number of halogens is 2. The Bertz CT molecular complexity index is 1160. The Morgan fingerprint density at radius 2 is 1.77 bits per heavy atom. The van der Waals surface area contributed by atoms with Crippen molar-refractivity contribution in [2.45, 2.75) is 0 Å². The van der Waals surface area contributed by atoms with E-state index in [-0.39, 0.29) is 0 Å². The van der Waals surface area contributed by atoms with Gasteiger partial charge < -0.3 is 30.1 Å². The number of hydrogen-bond donors (Lipinski definition) is 2. The summed E-state index contributed by atoms with van der Waals surface area (Å²) in [6.07, 6.45) is 1.56. The lowest BCUT2D eigenvalue weighted by Crippen LogP contribution is -2.44. The number of alkyl halides is 1. The second-order valence-corrected chi connectivity index (χ2v) is 9.09. The molecular weight excluding hydrogens is 469 g/mol. The molecule has 0 spiro atoms. The number of likely N-dealkylation sites (N-methyl/N-ethyl adjacent to an activating group) is 1. The van der Waals surface area contributed by atoms with Crippen molar-refractivity contribution in [3.8, 4) is 5.75 Å². The summed E-state index contributed by atoms with van der Waals surface area (Å²) >= 11 is 6.38. The molecule has 35 heavy (non-hydrogen) atoms. The molecule has 0 saturated carbocycles. The lowest BCUT2D eigenvalue weighted by atomic mass is 10.2. The Morgan fingerprint density at radius 3 is 2.54 bits per heavy atom. The number of anilines is 6. The van der Waals surface area contributed by atoms with Gasteiger partial charge in [-0.25, -0.2) is 9.37 Å². The van der Waals surface area contributed by atoms with Crippen molar-refractivity contribution in [2.24, 2.45) is 0 Å². The molecule has 3 aromatic rings. The minimum Gasteiger partial charge on any atom is -0.490 e. The summed E-state index contributed by atoms with van der Waals surface area (Å²) in [4.78, 5) is 15.6. The third-order valence-corrected chi connectivity index (χ3v) is 6.55. The Morgan fingerprint density at radius 1 is 1.00 bits per heavy atom. The summed E-state index contributed by atoms with van der Waals surface area (Å²) in [5.74, 6) is 1.66. The van der Waals surface area contributed by atoms with Crippen molar-refractivity contribution >= 4 is 46.1 Å². The van der Waals surface area contributed by atoms with Gasteiger partial charge >= 0.3 is 0 Å². The molecule has 10 heteroatoms. The van der Waals surface area contributed by atoms with Crippen molar-refractivity contribution in [1.29, 1.82) is 0 Å². The second kappa shape index (κ2) is 10.5. The zero-order valence-electron chi connectivity index (χ0n) is 19.7. The Balaban J connectivity index is 1.28. The van der Waals surface area contributed by atoms with Crippen LogP contribution >= 0.6 is 11.6 Å². The molecule has 2 aromatic carbocycles. The van der Waals surface area contributed by atoms with Crippen LogP contribution in [-0.2, 0) is 0 Å². The first-order chi connectivity index (χ1) is 17.1. The number of piperazine rings is 1. The largest absolute Gasteiger partial charge is 0.490 e. The van der Waals surface area contributed by atoms with Crippen molar-refractivity contribution in [1.82, 2.24) is 14.9 Å². The summed E-state index contributed by atoms with van der Waals surface area (Å²) < 4.78 is 18.7. The third-order valence-electron chi connectivity index (χ3n) is 6.27. The molecule has 0 radical (unpaired) electrons. The van der Waals surface area contributed by atoms with Gasteiger partial charge in [-0.3, -0.25) is 0 Å². The van der Waals surface area contributed by atoms with Crippen LogP contribution in [-0.4, -0.2) is 74.5 Å². The molecule has 2 aliphatic rings. The van der Waals surface area contributed by atoms with Crippen LogP contribution in [0.15, 0.2) is 48.7 Å². The fourth-order valence-electron chi connectivity index (χ4n) is 4.29. The normalized spacial score (nSPS) is 16.0. The summed E-state index contributed by atoms with van der Waals surface area (Å²) in [5, 5.41) is 6.91. The smallest absolute Gasteiger partial charge is 0.229 e. The van der Waals surface area contributed by atoms with Crippen molar-refractivity contribution in [2.75, 3.05) is 80.0 Å². The number of benzene rings is 2. The SMILES string of the molecule is CN1CCN(c2ccc(Nc3ncc(Cl)c(Nc4ccc5c(c4)N(CCF)CCO5)n3)cc2)CC1. The number of ether oxygens (including phenoxy) is 1. The monoisotopic (exact) mass is 497 g/mol. The van der Waals surface area contributed by atoms with Gasteiger partial charge in [0.1, 0.15) is 24.1 Å². The van der Waals surface area contributed by atoms with Crippen LogP contribution in [0, 0.1) is 0 Å². The number of rotatable bonds is 7. The van der Waals surface area contributed by atoms with Gasteiger partial charge in [-0.1, -0.05) is 11.6 Å². The summed E-state index contributed by atoms with van der Waals surface area (Å²) in [5.41, 5.74) is 3.73. The fourth-order valence-corrected chi connectivity index (χ4v) is 4.42. The van der Waals surface area contributed by atoms with Gasteiger partial charge in [-0.2, -0.15) is 4.98 Å². The minimum absolute atomic E-state index is 0.329. The molecule has 184 valence electrons. The second-order valence-electron chi connectivity index (χ2n) is 8.68. The predicted molar refractivity (Wildman–Crippen MR) is 140 cm³/mol. The average Bonchev–Trinajstić information content (AvgIpc) is 2.88. The summed E-state index contributed by atoms with van der Waals surface area (Å²) in [7, 11) is 2.15. The minimum atomic E-state index is -0.416. The molecule has 1 fully saturated rings. The highest BCUT2D eigenvalue weighted by Crippen LogP contribution is 2.35. The van der Waals surface area contributed by atoms with E-state index in [0.29, 0.717) is 36.5 Å². The highest BCUT2D eigenvalue weighted by molar-refractivity contribution is 6.32. The predicted octanol–water partition coefficient (Wildman–Crippen LogP) is 4.54. The van der Waals surface area contributed by atoms with Gasteiger partial charge in [0.15, 0.2) is 5.82 Å². The lowest BCUT2D eigenvalue weighted by molar-refractivity contribution is 0.304. The van der Waals surface area contributed by atoms with E-state index in [2.05, 4.69) is 49.6 Å². The van der Waals surface area contributed by atoms with Gasteiger partial charge in [-0.05, 0) is 49.5 Å². The Kier molecular flexibility index (Phi) is 7.06. The molecule has 0 amide bonds. The number of fused-ring (bicyclic) bond motifs is 1. The molecule has 0 bridgehead atoms. The van der Waals surface area contributed by atoms with Crippen LogP contribution in [0.5, 0.6) is 5.75 Å². The summed E-state index contributed by atoms with van der Waals surface area (Å²) in [6.45, 7) is 5.30. The van der Waals surface area contributed by atoms with Crippen LogP contribution < -0.4 is 25.2 Å². The Hall–Kier alpha value is -3.30. The molecule has 2 N–H and O–H groups in total. The number of aromatic nitrogens is 2. The van der Waals surface area contributed by atoms with E-state index in [1.807, 2.05) is 35.2 Å². The molecule has 3 heterocycles. The van der Waals surface area contributed by atoms with Crippen molar-refractivity contribution in [3.05, 3.63) is 53.7 Å². The molecule has 2 aliphatic heterocycles. The van der Waals surface area contributed by atoms with E-state index in [9.17, 15) is 4.39 Å². The molecule has 0 unspecified atom stereocenters. The van der Waals surface area contributed by atoms with Crippen LogP contribution in [0.1, 0.15) is 0 Å². The molecule has 0 atom stereocenters. The van der Waals surface area contributed by atoms with Gasteiger partial charge in [-0.15, -0.1) is 0 Å². The third kappa shape index (κ3) is 5.52. The van der Waals surface area contributed by atoms with Gasteiger partial charge in [0.2, 0.25) is 5.95 Å². The average molecular weight is 498 g/mol. The lowest BCUT2D eigenvalue weighted by Gasteiger charge is -2.34. The molecule has 0 aliphatic carbocycles. The van der Waals surface area contributed by atoms with Crippen molar-refractivity contribution in [3.63, 3.8) is 0 Å². The zero-order chi connectivity index (χ0) is 24.2. The van der Waals surface area contributed by atoms with Gasteiger partial charge in [0.25, 0.3) is 0 Å². The quantitative estimate of drug-likeness (QED) is 0.493. The molecule has 1 saturated heterocycles. The van der Waals surface area contributed by atoms with E-state index in [1.54, 1.807) is 6.20 Å². The first kappa shape index (κ1) is 23.4. The van der Waals surface area contributed by atoms with E-state index < -0.39 is 6.67 Å². The van der Waals surface area contributed by atoms with Crippen LogP contribution in [0.25, 0.3) is 0 Å². The van der Waals surface area contributed by atoms with Crippen LogP contribution in [0.3, 0.4) is 0 Å². The van der Waals surface area contributed by atoms with Crippen LogP contribution in [0.4, 0.5) is 38.9 Å².